The minimum atomic E-state index is -1.29. The van der Waals surface area contributed by atoms with E-state index in [-0.39, 0.29) is 29.7 Å². The number of rotatable bonds is 5. The molecule has 2 aliphatic rings. The van der Waals surface area contributed by atoms with Crippen LogP contribution in [0.5, 0.6) is 0 Å². The third-order valence-corrected chi connectivity index (χ3v) is 8.47. The summed E-state index contributed by atoms with van der Waals surface area (Å²) in [6.07, 6.45) is 0.582. The van der Waals surface area contributed by atoms with Crippen molar-refractivity contribution in [3.05, 3.63) is 21.8 Å². The summed E-state index contributed by atoms with van der Waals surface area (Å²) < 4.78 is 13.3. The molecular weight excluding hydrogens is 498 g/mol. The summed E-state index contributed by atoms with van der Waals surface area (Å²) >= 11 is 3.83. The van der Waals surface area contributed by atoms with E-state index in [9.17, 15) is 4.79 Å². The lowest BCUT2D eigenvalue weighted by atomic mass is 9.75. The van der Waals surface area contributed by atoms with Gasteiger partial charge in [-0.1, -0.05) is 27.7 Å². The van der Waals surface area contributed by atoms with E-state index in [1.54, 1.807) is 0 Å². The lowest BCUT2D eigenvalue weighted by Gasteiger charge is -2.43. The number of carbonyl (C=O) groups excluding carboxylic acids is 1. The normalized spacial score (nSPS) is 22.0. The summed E-state index contributed by atoms with van der Waals surface area (Å²) in [5.41, 5.74) is 1.68. The molecule has 0 saturated carbocycles. The number of aromatic nitrogens is 1. The maximum Gasteiger partial charge on any atom is 0.410 e. The molecule has 6 nitrogen and oxygen atoms in total. The molecule has 33 heavy (non-hydrogen) atoms. The molecule has 1 aromatic heterocycles. The first-order valence-corrected chi connectivity index (χ1v) is 15.8. The predicted octanol–water partition coefficient (Wildman–Crippen LogP) is 5.94. The van der Waals surface area contributed by atoms with Gasteiger partial charge in [0.05, 0.1) is 17.8 Å². The quantitative estimate of drug-likeness (QED) is 0.433. The Kier molecular flexibility index (Phi) is 7.62. The standard InChI is InChI=1S/C25H42BrN3O3Si/c1-15(2)25(7,8)21(32-33(9)10)20-19(26)12-17-11-18-14-28(23(30)31-24(4,5)6)13-16(3)29(18)22(17)27-20/h12,15-16,18,21,33H,11,13-14H2,1-10H3/t16-,18-,21?/m1/s1. The molecule has 1 unspecified atom stereocenters. The van der Waals surface area contributed by atoms with Gasteiger partial charge in [0, 0.05) is 23.6 Å². The van der Waals surface area contributed by atoms with Crippen LogP contribution in [0.2, 0.25) is 13.1 Å². The van der Waals surface area contributed by atoms with E-state index >= 15 is 0 Å². The third kappa shape index (κ3) is 5.59. The van der Waals surface area contributed by atoms with E-state index in [1.165, 1.54) is 5.56 Å². The zero-order valence-corrected chi connectivity index (χ0v) is 24.8. The van der Waals surface area contributed by atoms with Crippen LogP contribution in [0.1, 0.15) is 72.8 Å². The Hall–Kier alpha value is -1.12. The van der Waals surface area contributed by atoms with E-state index in [2.05, 4.69) is 74.6 Å². The molecule has 0 spiro atoms. The fourth-order valence-corrected chi connectivity index (χ4v) is 6.31. The van der Waals surface area contributed by atoms with Gasteiger partial charge in [0.2, 0.25) is 0 Å². The Morgan fingerprint density at radius 1 is 1.21 bits per heavy atom. The van der Waals surface area contributed by atoms with Gasteiger partial charge < -0.3 is 19.0 Å². The molecule has 3 atom stereocenters. The highest BCUT2D eigenvalue weighted by Crippen LogP contribution is 2.46. The molecular formula is C25H42BrN3O3Si. The SMILES string of the molecule is CC(C)C(C)(C)C(O[SiH](C)C)c1nc2c(cc1Br)C[C@@H]1CN(C(=O)OC(C)(C)C)C[C@@H](C)N21. The molecule has 3 heterocycles. The topological polar surface area (TPSA) is 54.9 Å². The number of piperazine rings is 1. The molecule has 0 aliphatic carbocycles. The van der Waals surface area contributed by atoms with Crippen LogP contribution in [0.15, 0.2) is 10.5 Å². The van der Waals surface area contributed by atoms with Gasteiger partial charge in [0.25, 0.3) is 0 Å². The Labute approximate surface area is 210 Å². The van der Waals surface area contributed by atoms with E-state index in [0.717, 1.165) is 22.4 Å². The molecule has 1 saturated heterocycles. The van der Waals surface area contributed by atoms with Crippen LogP contribution < -0.4 is 4.90 Å². The average molecular weight is 541 g/mol. The van der Waals surface area contributed by atoms with Crippen molar-refractivity contribution in [2.45, 2.75) is 98.7 Å². The van der Waals surface area contributed by atoms with E-state index in [1.807, 2.05) is 25.7 Å². The summed E-state index contributed by atoms with van der Waals surface area (Å²) in [6.45, 7) is 22.7. The highest BCUT2D eigenvalue weighted by Gasteiger charge is 2.43. The predicted molar refractivity (Wildman–Crippen MR) is 140 cm³/mol. The molecule has 186 valence electrons. The van der Waals surface area contributed by atoms with Crippen LogP contribution in [0.25, 0.3) is 0 Å². The Balaban J connectivity index is 1.93. The second-order valence-electron chi connectivity index (χ2n) is 11.9. The maximum atomic E-state index is 12.7. The van der Waals surface area contributed by atoms with Crippen LogP contribution in [-0.2, 0) is 15.6 Å². The zero-order valence-electron chi connectivity index (χ0n) is 22.0. The summed E-state index contributed by atoms with van der Waals surface area (Å²) in [6, 6.07) is 2.61. The van der Waals surface area contributed by atoms with Crippen molar-refractivity contribution < 1.29 is 14.0 Å². The minimum Gasteiger partial charge on any atom is -0.444 e. The second-order valence-corrected chi connectivity index (χ2v) is 15.1. The number of carbonyl (C=O) groups is 1. The lowest BCUT2D eigenvalue weighted by molar-refractivity contribution is 0.0191. The van der Waals surface area contributed by atoms with E-state index < -0.39 is 14.6 Å². The summed E-state index contributed by atoms with van der Waals surface area (Å²) in [5.74, 6) is 1.49. The molecule has 8 heteroatoms. The first kappa shape index (κ1) is 26.5. The number of hydrogen-bond acceptors (Lipinski definition) is 5. The van der Waals surface area contributed by atoms with Crippen LogP contribution >= 0.6 is 15.9 Å². The fourth-order valence-electron chi connectivity index (χ4n) is 4.71. The number of pyridine rings is 1. The Bertz CT molecular complexity index is 884. The van der Waals surface area contributed by atoms with Gasteiger partial charge in [0.1, 0.15) is 11.4 Å². The summed E-state index contributed by atoms with van der Waals surface area (Å²) in [5, 5.41) is 0. The van der Waals surface area contributed by atoms with Gasteiger partial charge in [-0.05, 0) is 86.1 Å². The number of ether oxygens (including phenoxy) is 1. The second kappa shape index (κ2) is 9.50. The van der Waals surface area contributed by atoms with Crippen LogP contribution in [-0.4, -0.2) is 55.8 Å². The number of amides is 1. The number of halogens is 1. The molecule has 0 aromatic carbocycles. The monoisotopic (exact) mass is 539 g/mol. The minimum absolute atomic E-state index is 0.0555. The molecule has 1 aromatic rings. The van der Waals surface area contributed by atoms with Crippen molar-refractivity contribution >= 4 is 36.9 Å². The van der Waals surface area contributed by atoms with Gasteiger partial charge >= 0.3 is 6.09 Å². The van der Waals surface area contributed by atoms with Crippen molar-refractivity contribution in [2.24, 2.45) is 11.3 Å². The Morgan fingerprint density at radius 3 is 2.39 bits per heavy atom. The molecule has 1 fully saturated rings. The van der Waals surface area contributed by atoms with Gasteiger partial charge in [0.15, 0.2) is 9.04 Å². The highest BCUT2D eigenvalue weighted by atomic mass is 79.9. The van der Waals surface area contributed by atoms with Crippen molar-refractivity contribution in [1.82, 2.24) is 9.88 Å². The van der Waals surface area contributed by atoms with Crippen LogP contribution in [0.4, 0.5) is 10.6 Å². The molecule has 2 aliphatic heterocycles. The summed E-state index contributed by atoms with van der Waals surface area (Å²) in [7, 11) is -1.29. The summed E-state index contributed by atoms with van der Waals surface area (Å²) in [4.78, 5) is 22.3. The number of fused-ring (bicyclic) bond motifs is 3. The number of hydrogen-bond donors (Lipinski definition) is 0. The average Bonchev–Trinajstić information content (AvgIpc) is 3.01. The van der Waals surface area contributed by atoms with Crippen LogP contribution in [0, 0.1) is 11.3 Å². The first-order chi connectivity index (χ1) is 15.1. The molecule has 0 radical (unpaired) electrons. The molecule has 3 rings (SSSR count). The van der Waals surface area contributed by atoms with E-state index in [0.29, 0.717) is 19.0 Å². The van der Waals surface area contributed by atoms with Crippen molar-refractivity contribution in [1.29, 1.82) is 0 Å². The highest BCUT2D eigenvalue weighted by molar-refractivity contribution is 9.10. The smallest absolute Gasteiger partial charge is 0.410 e. The Morgan fingerprint density at radius 2 is 1.85 bits per heavy atom. The molecule has 0 bridgehead atoms. The molecule has 0 N–H and O–H groups in total. The lowest BCUT2D eigenvalue weighted by Crippen LogP contribution is -2.58. The largest absolute Gasteiger partial charge is 0.444 e. The zero-order chi connectivity index (χ0) is 24.9. The number of nitrogens with zero attached hydrogens (tertiary/aromatic N) is 3. The van der Waals surface area contributed by atoms with Crippen molar-refractivity contribution in [3.8, 4) is 0 Å². The van der Waals surface area contributed by atoms with E-state index in [4.69, 9.17) is 14.1 Å². The van der Waals surface area contributed by atoms with Gasteiger partial charge in [-0.2, -0.15) is 0 Å². The van der Waals surface area contributed by atoms with Crippen LogP contribution in [0.3, 0.4) is 0 Å². The van der Waals surface area contributed by atoms with Gasteiger partial charge in [-0.3, -0.25) is 0 Å². The van der Waals surface area contributed by atoms with Crippen molar-refractivity contribution in [3.63, 3.8) is 0 Å². The van der Waals surface area contributed by atoms with Gasteiger partial charge in [-0.25, -0.2) is 9.78 Å². The number of anilines is 1. The first-order valence-electron chi connectivity index (χ1n) is 12.2. The fraction of sp³-hybridized carbons (Fsp3) is 0.760. The van der Waals surface area contributed by atoms with Crippen molar-refractivity contribution in [2.75, 3.05) is 18.0 Å². The molecule has 1 amide bonds. The van der Waals surface area contributed by atoms with Gasteiger partial charge in [-0.15, -0.1) is 0 Å². The third-order valence-electron chi connectivity index (χ3n) is 7.02. The maximum absolute atomic E-state index is 12.7.